The van der Waals surface area contributed by atoms with Crippen LogP contribution in [0, 0.1) is 5.82 Å². The first-order valence-electron chi connectivity index (χ1n) is 8.89. The Hall–Kier alpha value is -3.59. The second-order valence-corrected chi connectivity index (χ2v) is 6.33. The zero-order valence-corrected chi connectivity index (χ0v) is 15.1. The molecule has 0 saturated carbocycles. The van der Waals surface area contributed by atoms with E-state index in [1.54, 1.807) is 24.3 Å². The summed E-state index contributed by atoms with van der Waals surface area (Å²) in [5.41, 5.74) is 0.861. The quantitative estimate of drug-likeness (QED) is 0.721. The number of carbonyl (C=O) groups is 2. The van der Waals surface area contributed by atoms with Gasteiger partial charge >= 0.3 is 6.09 Å². The van der Waals surface area contributed by atoms with Crippen LogP contribution in [0.4, 0.5) is 9.18 Å². The molecular formula is C20H16FN3O5. The number of hydrogen-bond donors (Lipinski definition) is 1. The monoisotopic (exact) mass is 397 g/mol. The first-order chi connectivity index (χ1) is 14.1. The third-order valence-corrected chi connectivity index (χ3v) is 4.29. The number of halogens is 1. The van der Waals surface area contributed by atoms with E-state index in [2.05, 4.69) is 15.5 Å². The summed E-state index contributed by atoms with van der Waals surface area (Å²) in [5, 5.41) is 6.01. The molecule has 1 fully saturated rings. The van der Waals surface area contributed by atoms with E-state index in [0.29, 0.717) is 25.2 Å². The molecule has 1 aliphatic heterocycles. The van der Waals surface area contributed by atoms with Gasteiger partial charge in [0.25, 0.3) is 11.8 Å². The smallest absolute Gasteiger partial charge is 0.414 e. The van der Waals surface area contributed by atoms with Crippen LogP contribution in [0.2, 0.25) is 0 Å². The van der Waals surface area contributed by atoms with E-state index in [9.17, 15) is 14.0 Å². The molecule has 148 valence electrons. The number of ether oxygens (including phenoxy) is 2. The van der Waals surface area contributed by atoms with Gasteiger partial charge in [-0.05, 0) is 24.3 Å². The maximum Gasteiger partial charge on any atom is 0.414 e. The second kappa shape index (κ2) is 8.19. The van der Waals surface area contributed by atoms with Gasteiger partial charge in [0.05, 0.1) is 18.8 Å². The highest BCUT2D eigenvalue weighted by Crippen LogP contribution is 2.24. The van der Waals surface area contributed by atoms with Crippen LogP contribution >= 0.6 is 0 Å². The van der Waals surface area contributed by atoms with Gasteiger partial charge in [0.1, 0.15) is 11.9 Å². The van der Waals surface area contributed by atoms with Gasteiger partial charge in [0, 0.05) is 17.5 Å². The standard InChI is InChI=1S/C20H16FN3O5/c21-16-7-2-1-6-15(16)19-22-17(24-29-19)12-4-3-5-13(10-12)18(25)23-20(26)28-14-8-9-27-11-14/h1-7,10,14H,8-9,11H2,(H,23,25,26)/t14-/m1/s1. The minimum Gasteiger partial charge on any atom is -0.443 e. The molecule has 2 heterocycles. The minimum atomic E-state index is -0.836. The van der Waals surface area contributed by atoms with Gasteiger partial charge in [-0.15, -0.1) is 0 Å². The highest BCUT2D eigenvalue weighted by atomic mass is 19.1. The van der Waals surface area contributed by atoms with Crippen LogP contribution in [0.1, 0.15) is 16.8 Å². The molecule has 29 heavy (non-hydrogen) atoms. The molecule has 1 atom stereocenters. The summed E-state index contributed by atoms with van der Waals surface area (Å²) in [6.07, 6.45) is -0.596. The molecule has 0 spiro atoms. The predicted octanol–water partition coefficient (Wildman–Crippen LogP) is 3.20. The molecule has 0 aliphatic carbocycles. The molecule has 3 aromatic rings. The summed E-state index contributed by atoms with van der Waals surface area (Å²) in [4.78, 5) is 28.4. The summed E-state index contributed by atoms with van der Waals surface area (Å²) in [7, 11) is 0. The number of imide groups is 1. The van der Waals surface area contributed by atoms with Crippen molar-refractivity contribution in [3.63, 3.8) is 0 Å². The Kier molecular flexibility index (Phi) is 5.30. The van der Waals surface area contributed by atoms with E-state index >= 15 is 0 Å². The molecule has 0 radical (unpaired) electrons. The van der Waals surface area contributed by atoms with Crippen LogP contribution < -0.4 is 5.32 Å². The fourth-order valence-electron chi connectivity index (χ4n) is 2.84. The molecule has 0 unspecified atom stereocenters. The first-order valence-corrected chi connectivity index (χ1v) is 8.89. The van der Waals surface area contributed by atoms with Gasteiger partial charge in [-0.25, -0.2) is 9.18 Å². The average molecular weight is 397 g/mol. The van der Waals surface area contributed by atoms with E-state index in [0.717, 1.165) is 0 Å². The number of rotatable bonds is 4. The Balaban J connectivity index is 1.48. The number of nitrogens with zero attached hydrogens (tertiary/aromatic N) is 2. The largest absolute Gasteiger partial charge is 0.443 e. The zero-order chi connectivity index (χ0) is 20.2. The molecule has 8 nitrogen and oxygen atoms in total. The Bertz CT molecular complexity index is 1050. The summed E-state index contributed by atoms with van der Waals surface area (Å²) < 4.78 is 29.3. The van der Waals surface area contributed by atoms with Crippen LogP contribution in [-0.2, 0) is 9.47 Å². The van der Waals surface area contributed by atoms with Crippen LogP contribution in [0.25, 0.3) is 22.8 Å². The van der Waals surface area contributed by atoms with Crippen molar-refractivity contribution in [3.8, 4) is 22.8 Å². The molecule has 2 aromatic carbocycles. The molecule has 9 heteroatoms. The fraction of sp³-hybridized carbons (Fsp3) is 0.200. The fourth-order valence-corrected chi connectivity index (χ4v) is 2.84. The number of amides is 2. The van der Waals surface area contributed by atoms with Crippen LogP contribution in [0.3, 0.4) is 0 Å². The Labute approximate surface area is 164 Å². The number of carbonyl (C=O) groups excluding carboxylic acids is 2. The minimum absolute atomic E-state index is 0.0234. The number of aromatic nitrogens is 2. The summed E-state index contributed by atoms with van der Waals surface area (Å²) in [6, 6.07) is 12.3. The normalized spacial score (nSPS) is 15.8. The van der Waals surface area contributed by atoms with Crippen molar-refractivity contribution in [2.24, 2.45) is 0 Å². The van der Waals surface area contributed by atoms with Crippen molar-refractivity contribution in [3.05, 3.63) is 59.9 Å². The molecule has 0 bridgehead atoms. The van der Waals surface area contributed by atoms with E-state index in [1.165, 1.54) is 24.3 Å². The maximum atomic E-state index is 13.9. The lowest BCUT2D eigenvalue weighted by atomic mass is 10.1. The van der Waals surface area contributed by atoms with Crippen molar-refractivity contribution < 1.29 is 28.0 Å². The van der Waals surface area contributed by atoms with Crippen LogP contribution in [0.5, 0.6) is 0 Å². The van der Waals surface area contributed by atoms with E-state index in [-0.39, 0.29) is 28.9 Å². The summed E-state index contributed by atoms with van der Waals surface area (Å²) in [5.74, 6) is -0.908. The van der Waals surface area contributed by atoms with E-state index < -0.39 is 17.8 Å². The third-order valence-electron chi connectivity index (χ3n) is 4.29. The van der Waals surface area contributed by atoms with Gasteiger partial charge in [-0.2, -0.15) is 4.98 Å². The van der Waals surface area contributed by atoms with Crippen molar-refractivity contribution in [2.45, 2.75) is 12.5 Å². The van der Waals surface area contributed by atoms with Crippen molar-refractivity contribution in [1.29, 1.82) is 0 Å². The van der Waals surface area contributed by atoms with Gasteiger partial charge in [0.15, 0.2) is 0 Å². The average Bonchev–Trinajstić information content (AvgIpc) is 3.40. The number of alkyl carbamates (subject to hydrolysis) is 1. The number of hydrogen-bond acceptors (Lipinski definition) is 7. The first kappa shape index (κ1) is 18.8. The predicted molar refractivity (Wildman–Crippen MR) is 98.3 cm³/mol. The van der Waals surface area contributed by atoms with Crippen LogP contribution in [-0.4, -0.2) is 41.5 Å². The van der Waals surface area contributed by atoms with E-state index in [4.69, 9.17) is 14.0 Å². The summed E-state index contributed by atoms with van der Waals surface area (Å²) in [6.45, 7) is 0.840. The zero-order valence-electron chi connectivity index (χ0n) is 15.1. The molecule has 1 saturated heterocycles. The van der Waals surface area contributed by atoms with Gasteiger partial charge < -0.3 is 14.0 Å². The van der Waals surface area contributed by atoms with Crippen molar-refractivity contribution >= 4 is 12.0 Å². The van der Waals surface area contributed by atoms with Gasteiger partial charge in [-0.3, -0.25) is 10.1 Å². The Morgan fingerprint density at radius 3 is 2.83 bits per heavy atom. The highest BCUT2D eigenvalue weighted by Gasteiger charge is 2.22. The molecule has 1 aromatic heterocycles. The topological polar surface area (TPSA) is 104 Å². The molecule has 4 rings (SSSR count). The van der Waals surface area contributed by atoms with E-state index in [1.807, 2.05) is 0 Å². The SMILES string of the molecule is O=C(NC(=O)c1cccc(-c2noc(-c3ccccc3F)n2)c1)O[C@@H]1CCOC1. The summed E-state index contributed by atoms with van der Waals surface area (Å²) >= 11 is 0. The lowest BCUT2D eigenvalue weighted by molar-refractivity contribution is 0.0752. The Morgan fingerprint density at radius 1 is 1.17 bits per heavy atom. The van der Waals surface area contributed by atoms with Gasteiger partial charge in [-0.1, -0.05) is 29.4 Å². The number of nitrogens with one attached hydrogen (secondary N) is 1. The van der Waals surface area contributed by atoms with Crippen LogP contribution in [0.15, 0.2) is 53.1 Å². The lowest BCUT2D eigenvalue weighted by Gasteiger charge is -2.10. The maximum absolute atomic E-state index is 13.9. The molecule has 1 N–H and O–H groups in total. The number of benzene rings is 2. The molecule has 2 amide bonds. The third kappa shape index (κ3) is 4.30. The Morgan fingerprint density at radius 2 is 2.03 bits per heavy atom. The molecule has 1 aliphatic rings. The van der Waals surface area contributed by atoms with Crippen molar-refractivity contribution in [1.82, 2.24) is 15.5 Å². The second-order valence-electron chi connectivity index (χ2n) is 6.33. The van der Waals surface area contributed by atoms with Gasteiger partial charge in [0.2, 0.25) is 5.82 Å². The lowest BCUT2D eigenvalue weighted by Crippen LogP contribution is -2.34. The van der Waals surface area contributed by atoms with Crippen molar-refractivity contribution in [2.75, 3.05) is 13.2 Å². The highest BCUT2D eigenvalue weighted by molar-refractivity contribution is 6.03. The molecular weight excluding hydrogens is 381 g/mol.